The first-order valence-electron chi connectivity index (χ1n) is 17.7. The predicted octanol–water partition coefficient (Wildman–Crippen LogP) is 14.2. The van der Waals surface area contributed by atoms with E-state index in [0.717, 1.165) is 34.1 Å². The Morgan fingerprint density at radius 3 is 2.10 bits per heavy atom. The van der Waals surface area contributed by atoms with Crippen LogP contribution in [0.25, 0.3) is 69.9 Å². The standard InChI is InChI=1S/C48H33ClN2S/c49-35-28-34(29-39(30-35)50(36-16-6-2-7-17-36)38-26-24-33(25-27-38)32-14-4-1-5-15-32)42-31-43-40-20-10-12-22-44(40)51(37-18-8-3-9-19-37)47(43)46-41-21-11-13-23-45(41)52-48(42)46/h1-16,18-31,36H,17H2. The normalized spacial score (nSPS) is 14.2. The molecule has 0 N–H and O–H groups in total. The van der Waals surface area contributed by atoms with Gasteiger partial charge in [0.2, 0.25) is 0 Å². The van der Waals surface area contributed by atoms with Gasteiger partial charge >= 0.3 is 0 Å². The van der Waals surface area contributed by atoms with E-state index >= 15 is 0 Å². The summed E-state index contributed by atoms with van der Waals surface area (Å²) in [6, 6.07) is 57.0. The summed E-state index contributed by atoms with van der Waals surface area (Å²) in [6.07, 6.45) is 9.74. The number of para-hydroxylation sites is 2. The van der Waals surface area contributed by atoms with Gasteiger partial charge in [-0.25, -0.2) is 0 Å². The molecule has 4 heteroatoms. The molecule has 0 fully saturated rings. The fourth-order valence-corrected chi connectivity index (χ4v) is 9.47. The quantitative estimate of drug-likeness (QED) is 0.167. The Morgan fingerprint density at radius 1 is 0.596 bits per heavy atom. The summed E-state index contributed by atoms with van der Waals surface area (Å²) in [5.41, 5.74) is 10.5. The number of anilines is 2. The zero-order valence-corrected chi connectivity index (χ0v) is 29.9. The number of hydrogen-bond donors (Lipinski definition) is 0. The molecule has 0 spiro atoms. The zero-order chi connectivity index (χ0) is 34.6. The van der Waals surface area contributed by atoms with Gasteiger partial charge in [0.15, 0.2) is 0 Å². The van der Waals surface area contributed by atoms with Crippen molar-refractivity contribution < 1.29 is 0 Å². The van der Waals surface area contributed by atoms with Gasteiger partial charge in [-0.3, -0.25) is 0 Å². The number of halogens is 1. The lowest BCUT2D eigenvalue weighted by Gasteiger charge is -2.33. The number of rotatable bonds is 6. The Labute approximate surface area is 311 Å². The molecule has 1 atom stereocenters. The highest BCUT2D eigenvalue weighted by atomic mass is 35.5. The van der Waals surface area contributed by atoms with E-state index in [0.29, 0.717) is 0 Å². The molecule has 0 aliphatic heterocycles. The van der Waals surface area contributed by atoms with E-state index in [1.54, 1.807) is 0 Å². The van der Waals surface area contributed by atoms with Crippen LogP contribution in [-0.2, 0) is 0 Å². The Balaban J connectivity index is 1.22. The summed E-state index contributed by atoms with van der Waals surface area (Å²) in [4.78, 5) is 2.44. The van der Waals surface area contributed by atoms with Crippen molar-refractivity contribution in [3.05, 3.63) is 187 Å². The lowest BCUT2D eigenvalue weighted by Crippen LogP contribution is -2.29. The molecule has 0 amide bonds. The molecule has 7 aromatic carbocycles. The molecule has 0 radical (unpaired) electrons. The molecule has 2 aromatic heterocycles. The van der Waals surface area contributed by atoms with E-state index in [1.807, 2.05) is 11.3 Å². The van der Waals surface area contributed by atoms with Gasteiger partial charge in [0.05, 0.1) is 17.1 Å². The highest BCUT2D eigenvalue weighted by molar-refractivity contribution is 7.26. The number of fused-ring (bicyclic) bond motifs is 7. The fourth-order valence-electron chi connectivity index (χ4n) is 8.00. The lowest BCUT2D eigenvalue weighted by atomic mass is 9.97. The maximum absolute atomic E-state index is 7.14. The number of hydrogen-bond acceptors (Lipinski definition) is 2. The monoisotopic (exact) mass is 704 g/mol. The van der Waals surface area contributed by atoms with Gasteiger partial charge in [-0.2, -0.15) is 0 Å². The van der Waals surface area contributed by atoms with Gasteiger partial charge in [0.25, 0.3) is 0 Å². The van der Waals surface area contributed by atoms with Crippen molar-refractivity contribution in [3.8, 4) is 27.9 Å². The third kappa shape index (κ3) is 5.16. The predicted molar refractivity (Wildman–Crippen MR) is 225 cm³/mol. The zero-order valence-electron chi connectivity index (χ0n) is 28.3. The largest absolute Gasteiger partial charge is 0.334 e. The van der Waals surface area contributed by atoms with Crippen molar-refractivity contribution >= 4 is 76.3 Å². The van der Waals surface area contributed by atoms with Crippen molar-refractivity contribution in [2.24, 2.45) is 0 Å². The van der Waals surface area contributed by atoms with Crippen molar-refractivity contribution in [1.82, 2.24) is 4.57 Å². The van der Waals surface area contributed by atoms with Crippen LogP contribution in [0.2, 0.25) is 5.02 Å². The van der Waals surface area contributed by atoms with Crippen molar-refractivity contribution in [2.45, 2.75) is 12.5 Å². The molecule has 52 heavy (non-hydrogen) atoms. The first-order valence-corrected chi connectivity index (χ1v) is 18.9. The van der Waals surface area contributed by atoms with Crippen LogP contribution in [-0.4, -0.2) is 10.6 Å². The van der Waals surface area contributed by atoms with Crippen molar-refractivity contribution in [2.75, 3.05) is 4.90 Å². The highest BCUT2D eigenvalue weighted by Crippen LogP contribution is 2.48. The summed E-state index contributed by atoms with van der Waals surface area (Å²) >= 11 is 9.01. The van der Waals surface area contributed by atoms with Crippen LogP contribution in [0.4, 0.5) is 11.4 Å². The average Bonchev–Trinajstić information content (AvgIpc) is 3.75. The maximum atomic E-state index is 7.14. The van der Waals surface area contributed by atoms with Crippen LogP contribution in [0.1, 0.15) is 6.42 Å². The van der Waals surface area contributed by atoms with E-state index in [4.69, 9.17) is 11.6 Å². The molecule has 1 aliphatic carbocycles. The summed E-state index contributed by atoms with van der Waals surface area (Å²) in [7, 11) is 0. The van der Waals surface area contributed by atoms with Crippen LogP contribution in [0.3, 0.4) is 0 Å². The second-order valence-corrected chi connectivity index (χ2v) is 14.9. The van der Waals surface area contributed by atoms with Crippen LogP contribution in [0.15, 0.2) is 182 Å². The summed E-state index contributed by atoms with van der Waals surface area (Å²) < 4.78 is 4.99. The van der Waals surface area contributed by atoms with Gasteiger partial charge in [0.1, 0.15) is 0 Å². The third-order valence-corrected chi connectivity index (χ3v) is 11.7. The minimum Gasteiger partial charge on any atom is -0.334 e. The van der Waals surface area contributed by atoms with E-state index in [1.165, 1.54) is 58.7 Å². The van der Waals surface area contributed by atoms with E-state index < -0.39 is 0 Å². The molecular formula is C48H33ClN2S. The second kappa shape index (κ2) is 12.7. The summed E-state index contributed by atoms with van der Waals surface area (Å²) in [5, 5.41) is 5.75. The molecule has 248 valence electrons. The second-order valence-electron chi connectivity index (χ2n) is 13.4. The van der Waals surface area contributed by atoms with Gasteiger partial charge in [-0.05, 0) is 83.8 Å². The summed E-state index contributed by atoms with van der Waals surface area (Å²) in [6.45, 7) is 0. The molecular weight excluding hydrogens is 672 g/mol. The minimum absolute atomic E-state index is 0.148. The van der Waals surface area contributed by atoms with Crippen LogP contribution in [0, 0.1) is 0 Å². The van der Waals surface area contributed by atoms with Gasteiger partial charge in [-0.1, -0.05) is 133 Å². The Bertz CT molecular complexity index is 2830. The molecule has 2 heterocycles. The van der Waals surface area contributed by atoms with Gasteiger partial charge in [-0.15, -0.1) is 11.3 Å². The molecule has 9 aromatic rings. The average molecular weight is 705 g/mol. The van der Waals surface area contributed by atoms with E-state index in [-0.39, 0.29) is 6.04 Å². The fraction of sp³-hybridized carbons (Fsp3) is 0.0417. The number of benzene rings is 7. The number of aromatic nitrogens is 1. The summed E-state index contributed by atoms with van der Waals surface area (Å²) in [5.74, 6) is 0. The minimum atomic E-state index is 0.148. The molecule has 0 bridgehead atoms. The maximum Gasteiger partial charge on any atom is 0.0634 e. The number of allylic oxidation sites excluding steroid dienone is 2. The van der Waals surface area contributed by atoms with Crippen molar-refractivity contribution in [1.29, 1.82) is 0 Å². The van der Waals surface area contributed by atoms with Crippen LogP contribution < -0.4 is 4.90 Å². The van der Waals surface area contributed by atoms with Crippen LogP contribution >= 0.6 is 22.9 Å². The Kier molecular flexibility index (Phi) is 7.56. The topological polar surface area (TPSA) is 8.17 Å². The van der Waals surface area contributed by atoms with Gasteiger partial charge in [0, 0.05) is 58.6 Å². The Hall–Kier alpha value is -5.87. The number of thiophene rings is 1. The number of nitrogens with zero attached hydrogens (tertiary/aromatic N) is 2. The first-order chi connectivity index (χ1) is 25.7. The Morgan fingerprint density at radius 2 is 1.31 bits per heavy atom. The van der Waals surface area contributed by atoms with E-state index in [2.05, 4.69) is 191 Å². The molecule has 2 nitrogen and oxygen atoms in total. The molecule has 1 aliphatic rings. The lowest BCUT2D eigenvalue weighted by molar-refractivity contribution is 0.785. The molecule has 0 saturated heterocycles. The van der Waals surface area contributed by atoms with Crippen LogP contribution in [0.5, 0.6) is 0 Å². The van der Waals surface area contributed by atoms with Crippen molar-refractivity contribution in [3.63, 3.8) is 0 Å². The van der Waals surface area contributed by atoms with E-state index in [9.17, 15) is 0 Å². The SMILES string of the molecule is Clc1cc(-c2cc3c4ccccc4n(-c4ccccc4)c3c3c2sc2ccccc23)cc(N(c2ccc(-c3ccccc3)cc2)C2C=CC=CC2)c1. The first kappa shape index (κ1) is 30.9. The molecule has 1 unspecified atom stereocenters. The third-order valence-electron chi connectivity index (χ3n) is 10.3. The van der Waals surface area contributed by atoms with Gasteiger partial charge < -0.3 is 9.47 Å². The molecule has 10 rings (SSSR count). The smallest absolute Gasteiger partial charge is 0.0634 e. The molecule has 0 saturated carbocycles. The highest BCUT2D eigenvalue weighted by Gasteiger charge is 2.24.